The molecule has 0 atom stereocenters. The summed E-state index contributed by atoms with van der Waals surface area (Å²) in [7, 11) is 0. The first-order valence-electron chi connectivity index (χ1n) is 7.54. The molecule has 0 radical (unpaired) electrons. The lowest BCUT2D eigenvalue weighted by Crippen LogP contribution is -2.13. The fourth-order valence-electron chi connectivity index (χ4n) is 2.63. The van der Waals surface area contributed by atoms with E-state index in [4.69, 9.17) is 9.84 Å². The van der Waals surface area contributed by atoms with Crippen molar-refractivity contribution in [3.8, 4) is 23.0 Å². The molecule has 8 nitrogen and oxygen atoms in total. The van der Waals surface area contributed by atoms with Crippen LogP contribution in [0.5, 0.6) is 23.0 Å². The Labute approximate surface area is 148 Å². The Morgan fingerprint density at radius 2 is 1.54 bits per heavy atom. The fourth-order valence-corrected chi connectivity index (χ4v) is 2.63. The average molecular weight is 362 g/mol. The Kier molecular flexibility index (Phi) is 5.08. The van der Waals surface area contributed by atoms with Gasteiger partial charge in [-0.2, -0.15) is 0 Å². The predicted octanol–water partition coefficient (Wildman–Crippen LogP) is 2.14. The van der Waals surface area contributed by atoms with E-state index in [0.29, 0.717) is 0 Å². The Hall–Kier alpha value is -3.26. The molecular formula is C18H18O8. The number of ether oxygens (including phenoxy) is 1. The van der Waals surface area contributed by atoms with Gasteiger partial charge in [0, 0.05) is 5.56 Å². The molecule has 2 rings (SSSR count). The molecule has 0 amide bonds. The first-order chi connectivity index (χ1) is 12.1. The number of aliphatic hydroxyl groups excluding tert-OH is 1. The normalized spacial score (nSPS) is 10.6. The summed E-state index contributed by atoms with van der Waals surface area (Å²) >= 11 is 0. The molecule has 2 aromatic rings. The number of carboxylic acids is 1. The van der Waals surface area contributed by atoms with Crippen molar-refractivity contribution in [2.75, 3.05) is 0 Å². The maximum absolute atomic E-state index is 12.5. The highest BCUT2D eigenvalue weighted by atomic mass is 16.5. The average Bonchev–Trinajstić information content (AvgIpc) is 2.51. The summed E-state index contributed by atoms with van der Waals surface area (Å²) in [6.07, 6.45) is 0. The van der Waals surface area contributed by atoms with Gasteiger partial charge in [-0.15, -0.1) is 0 Å². The van der Waals surface area contributed by atoms with E-state index in [1.54, 1.807) is 0 Å². The highest BCUT2D eigenvalue weighted by Crippen LogP contribution is 2.37. The predicted molar refractivity (Wildman–Crippen MR) is 89.9 cm³/mol. The minimum Gasteiger partial charge on any atom is -0.507 e. The molecule has 138 valence electrons. The Morgan fingerprint density at radius 3 is 2.08 bits per heavy atom. The van der Waals surface area contributed by atoms with Crippen LogP contribution in [0.4, 0.5) is 0 Å². The molecule has 0 aliphatic carbocycles. The number of carboxylic acid groups (broad SMARTS) is 1. The SMILES string of the molecule is Cc1cc(OC(=O)c2c(C)cc(O)c(CO)c2O)c(C)c(O)c1C(=O)O. The number of carbonyl (C=O) groups excluding carboxylic acids is 1. The van der Waals surface area contributed by atoms with Gasteiger partial charge in [0.2, 0.25) is 0 Å². The molecule has 2 aromatic carbocycles. The molecule has 0 unspecified atom stereocenters. The van der Waals surface area contributed by atoms with Crippen LogP contribution >= 0.6 is 0 Å². The van der Waals surface area contributed by atoms with Crippen molar-refractivity contribution >= 4 is 11.9 Å². The standard InChI is InChI=1S/C18H18O8/c1-7-4-11(20)10(6-19)16(22)14(7)18(25)26-12-5-8(2)13(17(23)24)15(21)9(12)3/h4-5,19-22H,6H2,1-3H3,(H,23,24). The van der Waals surface area contributed by atoms with E-state index < -0.39 is 30.0 Å². The van der Waals surface area contributed by atoms with Crippen LogP contribution < -0.4 is 4.74 Å². The first-order valence-corrected chi connectivity index (χ1v) is 7.54. The van der Waals surface area contributed by atoms with Gasteiger partial charge in [0.05, 0.1) is 12.2 Å². The number of hydrogen-bond donors (Lipinski definition) is 5. The van der Waals surface area contributed by atoms with Crippen LogP contribution in [0.25, 0.3) is 0 Å². The summed E-state index contributed by atoms with van der Waals surface area (Å²) < 4.78 is 5.21. The molecule has 0 aromatic heterocycles. The zero-order chi connectivity index (χ0) is 19.8. The van der Waals surface area contributed by atoms with Crippen molar-refractivity contribution in [2.24, 2.45) is 0 Å². The van der Waals surface area contributed by atoms with Gasteiger partial charge in [-0.1, -0.05) is 0 Å². The highest BCUT2D eigenvalue weighted by Gasteiger charge is 2.25. The number of rotatable bonds is 4. The van der Waals surface area contributed by atoms with Crippen LogP contribution in [0.2, 0.25) is 0 Å². The number of aromatic hydroxyl groups is 3. The molecule has 0 aliphatic heterocycles. The number of hydrogen-bond acceptors (Lipinski definition) is 7. The lowest BCUT2D eigenvalue weighted by Gasteiger charge is -2.15. The van der Waals surface area contributed by atoms with Crippen molar-refractivity contribution in [1.82, 2.24) is 0 Å². The number of aryl methyl sites for hydroxylation is 2. The Balaban J connectivity index is 2.51. The summed E-state index contributed by atoms with van der Waals surface area (Å²) in [4.78, 5) is 23.7. The second kappa shape index (κ2) is 6.93. The summed E-state index contributed by atoms with van der Waals surface area (Å²) in [5.41, 5.74) is -0.340. The molecule has 0 saturated heterocycles. The summed E-state index contributed by atoms with van der Waals surface area (Å²) in [5.74, 6) is -3.89. The Bertz CT molecular complexity index is 914. The van der Waals surface area contributed by atoms with E-state index in [2.05, 4.69) is 0 Å². The third kappa shape index (κ3) is 3.14. The topological polar surface area (TPSA) is 145 Å². The van der Waals surface area contributed by atoms with Crippen LogP contribution in [0.3, 0.4) is 0 Å². The van der Waals surface area contributed by atoms with E-state index in [-0.39, 0.29) is 44.9 Å². The third-order valence-corrected chi connectivity index (χ3v) is 4.06. The van der Waals surface area contributed by atoms with Crippen LogP contribution in [-0.2, 0) is 6.61 Å². The molecule has 8 heteroatoms. The second-order valence-electron chi connectivity index (χ2n) is 5.81. The maximum Gasteiger partial charge on any atom is 0.347 e. The smallest absolute Gasteiger partial charge is 0.347 e. The van der Waals surface area contributed by atoms with E-state index in [1.165, 1.54) is 32.9 Å². The number of aliphatic hydroxyl groups is 1. The number of carbonyl (C=O) groups is 2. The Morgan fingerprint density at radius 1 is 0.962 bits per heavy atom. The zero-order valence-electron chi connectivity index (χ0n) is 14.3. The highest BCUT2D eigenvalue weighted by molar-refractivity contribution is 5.97. The molecule has 0 aliphatic rings. The van der Waals surface area contributed by atoms with Gasteiger partial charge in [0.15, 0.2) is 0 Å². The van der Waals surface area contributed by atoms with E-state index >= 15 is 0 Å². The number of benzene rings is 2. The monoisotopic (exact) mass is 362 g/mol. The minimum absolute atomic E-state index is 0.0413. The lowest BCUT2D eigenvalue weighted by atomic mass is 10.0. The van der Waals surface area contributed by atoms with E-state index in [9.17, 15) is 30.0 Å². The molecule has 5 N–H and O–H groups in total. The van der Waals surface area contributed by atoms with E-state index in [0.717, 1.165) is 0 Å². The van der Waals surface area contributed by atoms with Crippen molar-refractivity contribution in [3.05, 3.63) is 45.5 Å². The third-order valence-electron chi connectivity index (χ3n) is 4.06. The first kappa shape index (κ1) is 19.1. The van der Waals surface area contributed by atoms with Gasteiger partial charge in [-0.25, -0.2) is 9.59 Å². The van der Waals surface area contributed by atoms with Gasteiger partial charge in [0.25, 0.3) is 0 Å². The van der Waals surface area contributed by atoms with Gasteiger partial charge >= 0.3 is 11.9 Å². The molecule has 0 heterocycles. The quantitative estimate of drug-likeness (QED) is 0.411. The van der Waals surface area contributed by atoms with Crippen molar-refractivity contribution in [3.63, 3.8) is 0 Å². The number of phenols is 3. The maximum atomic E-state index is 12.5. The van der Waals surface area contributed by atoms with Gasteiger partial charge in [0.1, 0.15) is 34.1 Å². The van der Waals surface area contributed by atoms with Crippen LogP contribution in [0.1, 0.15) is 43.0 Å². The lowest BCUT2D eigenvalue weighted by molar-refractivity contribution is 0.0692. The van der Waals surface area contributed by atoms with Crippen LogP contribution in [-0.4, -0.2) is 37.5 Å². The van der Waals surface area contributed by atoms with Crippen molar-refractivity contribution < 1.29 is 39.9 Å². The summed E-state index contributed by atoms with van der Waals surface area (Å²) in [5, 5.41) is 48.3. The van der Waals surface area contributed by atoms with Crippen molar-refractivity contribution in [2.45, 2.75) is 27.4 Å². The molecule has 0 saturated carbocycles. The largest absolute Gasteiger partial charge is 0.507 e. The van der Waals surface area contributed by atoms with E-state index in [1.807, 2.05) is 0 Å². The number of esters is 1. The van der Waals surface area contributed by atoms with Gasteiger partial charge < -0.3 is 30.3 Å². The minimum atomic E-state index is -1.32. The van der Waals surface area contributed by atoms with Gasteiger partial charge in [-0.05, 0) is 44.0 Å². The zero-order valence-corrected chi connectivity index (χ0v) is 14.3. The second-order valence-corrected chi connectivity index (χ2v) is 5.81. The number of aromatic carboxylic acids is 1. The fraction of sp³-hybridized carbons (Fsp3) is 0.222. The molecule has 0 bridgehead atoms. The molecule has 26 heavy (non-hydrogen) atoms. The van der Waals surface area contributed by atoms with Crippen LogP contribution in [0, 0.1) is 20.8 Å². The van der Waals surface area contributed by atoms with Crippen LogP contribution in [0.15, 0.2) is 12.1 Å². The molecular weight excluding hydrogens is 344 g/mol. The molecule has 0 spiro atoms. The van der Waals surface area contributed by atoms with Gasteiger partial charge in [-0.3, -0.25) is 0 Å². The molecule has 0 fully saturated rings. The summed E-state index contributed by atoms with van der Waals surface area (Å²) in [6, 6.07) is 2.49. The summed E-state index contributed by atoms with van der Waals surface area (Å²) in [6.45, 7) is 3.59. The van der Waals surface area contributed by atoms with Crippen molar-refractivity contribution in [1.29, 1.82) is 0 Å².